The Bertz CT molecular complexity index is 558. The monoisotopic (exact) mass is 311 g/mol. The van der Waals surface area contributed by atoms with E-state index in [2.05, 4.69) is 18.3 Å². The molecule has 0 spiro atoms. The van der Waals surface area contributed by atoms with Crippen LogP contribution < -0.4 is 10.1 Å². The van der Waals surface area contributed by atoms with E-state index < -0.39 is 0 Å². The van der Waals surface area contributed by atoms with Crippen LogP contribution in [0.1, 0.15) is 18.1 Å². The fourth-order valence-corrected chi connectivity index (χ4v) is 2.19. The summed E-state index contributed by atoms with van der Waals surface area (Å²) < 4.78 is 5.91. The molecule has 0 aliphatic heterocycles. The first kappa shape index (κ1) is 16.8. The molecule has 0 atom stereocenters. The van der Waals surface area contributed by atoms with Gasteiger partial charge in [0.1, 0.15) is 11.5 Å². The minimum absolute atomic E-state index is 0. The standard InChI is InChI=1S/C16H18ClNO.ClH/c1-3-12-6-4-5-7-16(12)19-14-9-8-13(11-18-2)15(17)10-14;/h4-10,18H,3,11H2,1-2H3;1H. The molecule has 2 rings (SSSR count). The van der Waals surface area contributed by atoms with Gasteiger partial charge in [0.2, 0.25) is 0 Å². The van der Waals surface area contributed by atoms with Crippen LogP contribution in [-0.2, 0) is 13.0 Å². The molecule has 0 aliphatic carbocycles. The fourth-order valence-electron chi connectivity index (χ4n) is 1.95. The second-order valence-electron chi connectivity index (χ2n) is 4.35. The van der Waals surface area contributed by atoms with Crippen LogP contribution in [0.3, 0.4) is 0 Å². The highest BCUT2D eigenvalue weighted by Gasteiger charge is 2.05. The molecule has 2 nitrogen and oxygen atoms in total. The molecule has 0 heterocycles. The predicted octanol–water partition coefficient (Wildman–Crippen LogP) is 4.84. The molecular formula is C16H19Cl2NO. The molecular weight excluding hydrogens is 293 g/mol. The van der Waals surface area contributed by atoms with E-state index in [9.17, 15) is 0 Å². The number of para-hydroxylation sites is 1. The molecule has 0 aliphatic rings. The molecule has 0 radical (unpaired) electrons. The molecule has 1 N–H and O–H groups in total. The third-order valence-corrected chi connectivity index (χ3v) is 3.32. The summed E-state index contributed by atoms with van der Waals surface area (Å²) in [6, 6.07) is 13.9. The summed E-state index contributed by atoms with van der Waals surface area (Å²) in [5, 5.41) is 3.81. The van der Waals surface area contributed by atoms with E-state index in [0.29, 0.717) is 0 Å². The summed E-state index contributed by atoms with van der Waals surface area (Å²) in [5.74, 6) is 1.66. The van der Waals surface area contributed by atoms with E-state index in [4.69, 9.17) is 16.3 Å². The molecule has 108 valence electrons. The zero-order chi connectivity index (χ0) is 13.7. The van der Waals surface area contributed by atoms with Gasteiger partial charge in [0.05, 0.1) is 0 Å². The van der Waals surface area contributed by atoms with Crippen LogP contribution in [0, 0.1) is 0 Å². The lowest BCUT2D eigenvalue weighted by Crippen LogP contribution is -2.05. The Morgan fingerprint density at radius 1 is 1.10 bits per heavy atom. The maximum absolute atomic E-state index is 6.23. The van der Waals surface area contributed by atoms with Crippen molar-refractivity contribution in [1.82, 2.24) is 5.32 Å². The van der Waals surface area contributed by atoms with Crippen molar-refractivity contribution >= 4 is 24.0 Å². The highest BCUT2D eigenvalue weighted by Crippen LogP contribution is 2.29. The summed E-state index contributed by atoms with van der Waals surface area (Å²) in [7, 11) is 1.90. The lowest BCUT2D eigenvalue weighted by Gasteiger charge is -2.11. The van der Waals surface area contributed by atoms with Crippen molar-refractivity contribution in [2.24, 2.45) is 0 Å². The van der Waals surface area contributed by atoms with E-state index >= 15 is 0 Å². The normalized spacial score (nSPS) is 9.95. The predicted molar refractivity (Wildman–Crippen MR) is 87.4 cm³/mol. The quantitative estimate of drug-likeness (QED) is 0.853. The van der Waals surface area contributed by atoms with Gasteiger partial charge in [0.15, 0.2) is 0 Å². The number of aryl methyl sites for hydroxylation is 1. The van der Waals surface area contributed by atoms with E-state index in [1.807, 2.05) is 43.4 Å². The van der Waals surface area contributed by atoms with Gasteiger partial charge in [0, 0.05) is 11.6 Å². The van der Waals surface area contributed by atoms with Crippen LogP contribution >= 0.6 is 24.0 Å². The zero-order valence-electron chi connectivity index (χ0n) is 11.7. The van der Waals surface area contributed by atoms with Gasteiger partial charge in [-0.15, -0.1) is 12.4 Å². The Kier molecular flexibility index (Phi) is 6.86. The zero-order valence-corrected chi connectivity index (χ0v) is 13.2. The number of ether oxygens (including phenoxy) is 1. The largest absolute Gasteiger partial charge is 0.457 e. The molecule has 0 unspecified atom stereocenters. The third-order valence-electron chi connectivity index (χ3n) is 2.97. The van der Waals surface area contributed by atoms with Crippen molar-refractivity contribution in [1.29, 1.82) is 0 Å². The van der Waals surface area contributed by atoms with Gasteiger partial charge in [0.25, 0.3) is 0 Å². The first-order chi connectivity index (χ1) is 9.24. The molecule has 4 heteroatoms. The Hall–Kier alpha value is -1.22. The summed E-state index contributed by atoms with van der Waals surface area (Å²) in [6.45, 7) is 2.87. The first-order valence-electron chi connectivity index (χ1n) is 6.43. The molecule has 0 bridgehead atoms. The van der Waals surface area contributed by atoms with Gasteiger partial charge in [-0.3, -0.25) is 0 Å². The van der Waals surface area contributed by atoms with Crippen LogP contribution in [0.25, 0.3) is 0 Å². The number of hydrogen-bond donors (Lipinski definition) is 1. The molecule has 2 aromatic carbocycles. The van der Waals surface area contributed by atoms with Crippen molar-refractivity contribution < 1.29 is 4.74 Å². The van der Waals surface area contributed by atoms with Crippen molar-refractivity contribution in [3.8, 4) is 11.5 Å². The lowest BCUT2D eigenvalue weighted by atomic mass is 10.1. The van der Waals surface area contributed by atoms with Gasteiger partial charge in [-0.1, -0.05) is 42.8 Å². The van der Waals surface area contributed by atoms with E-state index in [0.717, 1.165) is 35.1 Å². The second-order valence-corrected chi connectivity index (χ2v) is 4.75. The van der Waals surface area contributed by atoms with Gasteiger partial charge in [-0.2, -0.15) is 0 Å². The van der Waals surface area contributed by atoms with Crippen LogP contribution in [0.4, 0.5) is 0 Å². The molecule has 20 heavy (non-hydrogen) atoms. The van der Waals surface area contributed by atoms with E-state index in [1.54, 1.807) is 0 Å². The van der Waals surface area contributed by atoms with E-state index in [1.165, 1.54) is 5.56 Å². The topological polar surface area (TPSA) is 21.3 Å². The Morgan fingerprint density at radius 3 is 2.50 bits per heavy atom. The molecule has 0 fully saturated rings. The van der Waals surface area contributed by atoms with Crippen LogP contribution in [0.5, 0.6) is 11.5 Å². The Labute approximate surface area is 131 Å². The van der Waals surface area contributed by atoms with Crippen molar-refractivity contribution in [2.75, 3.05) is 7.05 Å². The maximum Gasteiger partial charge on any atom is 0.130 e. The van der Waals surface area contributed by atoms with Crippen molar-refractivity contribution in [2.45, 2.75) is 19.9 Å². The Morgan fingerprint density at radius 2 is 1.85 bits per heavy atom. The van der Waals surface area contributed by atoms with Gasteiger partial charge >= 0.3 is 0 Å². The number of hydrogen-bond acceptors (Lipinski definition) is 2. The molecule has 0 aromatic heterocycles. The van der Waals surface area contributed by atoms with Gasteiger partial charge < -0.3 is 10.1 Å². The molecule has 0 amide bonds. The van der Waals surface area contributed by atoms with E-state index in [-0.39, 0.29) is 12.4 Å². The summed E-state index contributed by atoms with van der Waals surface area (Å²) in [5.41, 5.74) is 2.26. The number of halogens is 2. The number of nitrogens with one attached hydrogen (secondary N) is 1. The summed E-state index contributed by atoms with van der Waals surface area (Å²) >= 11 is 6.23. The van der Waals surface area contributed by atoms with Gasteiger partial charge in [-0.05, 0) is 42.8 Å². The van der Waals surface area contributed by atoms with Gasteiger partial charge in [-0.25, -0.2) is 0 Å². The summed E-state index contributed by atoms with van der Waals surface area (Å²) in [4.78, 5) is 0. The lowest BCUT2D eigenvalue weighted by molar-refractivity contribution is 0.476. The minimum Gasteiger partial charge on any atom is -0.457 e. The third kappa shape index (κ3) is 4.14. The SMILES string of the molecule is CCc1ccccc1Oc1ccc(CNC)c(Cl)c1.Cl. The smallest absolute Gasteiger partial charge is 0.130 e. The van der Waals surface area contributed by atoms with Crippen LogP contribution in [-0.4, -0.2) is 7.05 Å². The molecule has 0 saturated heterocycles. The average molecular weight is 312 g/mol. The van der Waals surface area contributed by atoms with Crippen LogP contribution in [0.15, 0.2) is 42.5 Å². The molecule has 0 saturated carbocycles. The highest BCUT2D eigenvalue weighted by molar-refractivity contribution is 6.31. The molecule has 2 aromatic rings. The first-order valence-corrected chi connectivity index (χ1v) is 6.81. The average Bonchev–Trinajstić information content (AvgIpc) is 2.43. The second kappa shape index (κ2) is 8.15. The van der Waals surface area contributed by atoms with Crippen LogP contribution in [0.2, 0.25) is 5.02 Å². The van der Waals surface area contributed by atoms with Crippen molar-refractivity contribution in [3.63, 3.8) is 0 Å². The number of benzene rings is 2. The fraction of sp³-hybridized carbons (Fsp3) is 0.250. The highest BCUT2D eigenvalue weighted by atomic mass is 35.5. The minimum atomic E-state index is 0. The number of rotatable bonds is 5. The summed E-state index contributed by atoms with van der Waals surface area (Å²) in [6.07, 6.45) is 0.946. The van der Waals surface area contributed by atoms with Crippen molar-refractivity contribution in [3.05, 3.63) is 58.6 Å². The maximum atomic E-state index is 6.23. The Balaban J connectivity index is 0.00000200.